The van der Waals surface area contributed by atoms with Crippen LogP contribution in [0.2, 0.25) is 5.02 Å². The van der Waals surface area contributed by atoms with E-state index >= 15 is 0 Å². The fourth-order valence-corrected chi connectivity index (χ4v) is 5.36. The molecule has 168 valence electrons. The number of amides is 1. The van der Waals surface area contributed by atoms with E-state index < -0.39 is 6.10 Å². The largest absolute Gasteiger partial charge is 0.485 e. The van der Waals surface area contributed by atoms with Crippen LogP contribution in [-0.2, 0) is 4.79 Å². The molecule has 0 saturated carbocycles. The van der Waals surface area contributed by atoms with E-state index in [0.717, 1.165) is 58.7 Å². The van der Waals surface area contributed by atoms with Gasteiger partial charge in [-0.1, -0.05) is 41.1 Å². The Morgan fingerprint density at radius 1 is 1.19 bits per heavy atom. The van der Waals surface area contributed by atoms with Gasteiger partial charge in [0.05, 0.1) is 15.2 Å². The van der Waals surface area contributed by atoms with Crippen molar-refractivity contribution in [1.29, 1.82) is 0 Å². The number of hydrogen-bond donors (Lipinski definition) is 1. The van der Waals surface area contributed by atoms with Crippen molar-refractivity contribution in [3.05, 3.63) is 47.0 Å². The number of aromatic nitrogens is 1. The molecule has 1 N–H and O–H groups in total. The van der Waals surface area contributed by atoms with E-state index in [4.69, 9.17) is 26.1 Å². The molecule has 1 atom stereocenters. The van der Waals surface area contributed by atoms with E-state index in [0.29, 0.717) is 18.0 Å². The monoisotopic (exact) mass is 472 g/mol. The number of carbonyl (C=O) groups is 1. The van der Waals surface area contributed by atoms with Gasteiger partial charge >= 0.3 is 0 Å². The minimum atomic E-state index is -0.615. The fraction of sp³-hybridized carbons (Fsp3) is 0.391. The number of ether oxygens (including phenoxy) is 2. The number of hydrogen-bond acceptors (Lipinski definition) is 7. The summed E-state index contributed by atoms with van der Waals surface area (Å²) in [5.41, 5.74) is 2.15. The van der Waals surface area contributed by atoms with Crippen LogP contribution in [0.1, 0.15) is 5.56 Å². The van der Waals surface area contributed by atoms with Crippen molar-refractivity contribution in [2.75, 3.05) is 50.8 Å². The van der Waals surface area contributed by atoms with E-state index in [1.165, 1.54) is 0 Å². The Morgan fingerprint density at radius 2 is 1.97 bits per heavy atom. The first kappa shape index (κ1) is 21.3. The van der Waals surface area contributed by atoms with Gasteiger partial charge in [0.15, 0.2) is 16.6 Å². The normalized spacial score (nSPS) is 18.7. The number of benzene rings is 2. The summed E-state index contributed by atoms with van der Waals surface area (Å²) in [7, 11) is 0. The van der Waals surface area contributed by atoms with Crippen LogP contribution in [0.5, 0.6) is 11.5 Å². The van der Waals surface area contributed by atoms with Crippen molar-refractivity contribution in [2.45, 2.75) is 13.0 Å². The first-order valence-corrected chi connectivity index (χ1v) is 12.0. The first-order chi connectivity index (χ1) is 15.6. The Balaban J connectivity index is 1.09. The van der Waals surface area contributed by atoms with E-state index in [1.54, 1.807) is 11.3 Å². The predicted molar refractivity (Wildman–Crippen MR) is 127 cm³/mol. The van der Waals surface area contributed by atoms with Crippen LogP contribution in [-0.4, -0.2) is 67.8 Å². The average molecular weight is 473 g/mol. The molecule has 1 saturated heterocycles. The smallest absolute Gasteiger partial charge is 0.264 e. The summed E-state index contributed by atoms with van der Waals surface area (Å²) in [4.78, 5) is 22.0. The van der Waals surface area contributed by atoms with Crippen molar-refractivity contribution in [3.63, 3.8) is 0 Å². The van der Waals surface area contributed by atoms with Crippen LogP contribution in [0, 0.1) is 6.92 Å². The highest BCUT2D eigenvalue weighted by Crippen LogP contribution is 2.36. The molecule has 3 aromatic rings. The van der Waals surface area contributed by atoms with Crippen molar-refractivity contribution in [3.8, 4) is 11.5 Å². The molecular weight excluding hydrogens is 448 g/mol. The Kier molecular flexibility index (Phi) is 6.08. The van der Waals surface area contributed by atoms with Crippen LogP contribution in [0.15, 0.2) is 36.4 Å². The van der Waals surface area contributed by atoms with Crippen molar-refractivity contribution in [1.82, 2.24) is 15.2 Å². The third-order valence-electron chi connectivity index (χ3n) is 5.86. The zero-order valence-corrected chi connectivity index (χ0v) is 19.4. The molecular formula is C23H25ClN4O3S. The average Bonchev–Trinajstić information content (AvgIpc) is 3.28. The summed E-state index contributed by atoms with van der Waals surface area (Å²) in [5, 5.41) is 4.77. The van der Waals surface area contributed by atoms with Gasteiger partial charge in [-0.05, 0) is 30.7 Å². The molecule has 0 radical (unpaired) electrons. The molecule has 2 aliphatic rings. The molecule has 7 nitrogen and oxygen atoms in total. The maximum Gasteiger partial charge on any atom is 0.264 e. The molecule has 2 aromatic carbocycles. The molecule has 1 amide bonds. The zero-order valence-electron chi connectivity index (χ0n) is 17.8. The van der Waals surface area contributed by atoms with Crippen LogP contribution in [0.4, 0.5) is 5.13 Å². The van der Waals surface area contributed by atoms with Crippen molar-refractivity contribution >= 4 is 44.2 Å². The van der Waals surface area contributed by atoms with Crippen molar-refractivity contribution < 1.29 is 14.3 Å². The highest BCUT2D eigenvalue weighted by Gasteiger charge is 2.27. The molecule has 1 unspecified atom stereocenters. The third-order valence-corrected chi connectivity index (χ3v) is 7.43. The quantitative estimate of drug-likeness (QED) is 0.614. The minimum Gasteiger partial charge on any atom is -0.485 e. The maximum absolute atomic E-state index is 12.5. The lowest BCUT2D eigenvalue weighted by molar-refractivity contribution is -0.130. The van der Waals surface area contributed by atoms with Gasteiger partial charge in [0.2, 0.25) is 6.10 Å². The van der Waals surface area contributed by atoms with Crippen molar-refractivity contribution in [2.24, 2.45) is 0 Å². The molecule has 5 rings (SSSR count). The second kappa shape index (κ2) is 9.13. The number of aryl methyl sites for hydroxylation is 1. The highest BCUT2D eigenvalue weighted by molar-refractivity contribution is 7.22. The topological polar surface area (TPSA) is 66.9 Å². The molecule has 1 fully saturated rings. The van der Waals surface area contributed by atoms with Crippen LogP contribution in [0.25, 0.3) is 10.2 Å². The fourth-order valence-electron chi connectivity index (χ4n) is 3.99. The number of anilines is 1. The summed E-state index contributed by atoms with van der Waals surface area (Å²) in [6, 6.07) is 11.4. The van der Waals surface area contributed by atoms with E-state index in [1.807, 2.05) is 36.4 Å². The number of rotatable bonds is 5. The van der Waals surface area contributed by atoms with Gasteiger partial charge in [0.1, 0.15) is 6.61 Å². The second-order valence-electron chi connectivity index (χ2n) is 8.02. The van der Waals surface area contributed by atoms with Gasteiger partial charge < -0.3 is 19.7 Å². The Labute approximate surface area is 195 Å². The molecule has 2 aliphatic heterocycles. The summed E-state index contributed by atoms with van der Waals surface area (Å²) >= 11 is 8.02. The van der Waals surface area contributed by atoms with Crippen LogP contribution < -0.4 is 19.7 Å². The minimum absolute atomic E-state index is 0.139. The Hall–Kier alpha value is -2.55. The van der Waals surface area contributed by atoms with Gasteiger partial charge in [-0.25, -0.2) is 4.98 Å². The summed E-state index contributed by atoms with van der Waals surface area (Å²) < 4.78 is 12.5. The van der Waals surface area contributed by atoms with E-state index in [-0.39, 0.29) is 12.5 Å². The Bertz CT molecular complexity index is 1090. The van der Waals surface area contributed by atoms with Gasteiger partial charge in [-0.2, -0.15) is 0 Å². The number of nitrogens with one attached hydrogen (secondary N) is 1. The third kappa shape index (κ3) is 4.35. The first-order valence-electron chi connectivity index (χ1n) is 10.8. The lowest BCUT2D eigenvalue weighted by Gasteiger charge is -2.34. The standard InChI is InChI=1S/C23H25ClN4O3S/c1-15-6-7-16(24)21-20(15)26-23(32-21)28-12-10-27(11-13-28)9-8-25-22(29)19-14-30-17-4-2-3-5-18(17)31-19/h2-7,19H,8-14H2,1H3,(H,25,29). The van der Waals surface area contributed by atoms with Crippen LogP contribution in [0.3, 0.4) is 0 Å². The van der Waals surface area contributed by atoms with Gasteiger partial charge in [-0.15, -0.1) is 0 Å². The van der Waals surface area contributed by atoms with Gasteiger partial charge in [0, 0.05) is 39.3 Å². The SMILES string of the molecule is Cc1ccc(Cl)c2sc(N3CCN(CCNC(=O)C4COc5ccccc5O4)CC3)nc12. The number of nitrogens with zero attached hydrogens (tertiary/aromatic N) is 3. The lowest BCUT2D eigenvalue weighted by Crippen LogP contribution is -2.50. The second-order valence-corrected chi connectivity index (χ2v) is 9.41. The molecule has 1 aromatic heterocycles. The number of para-hydroxylation sites is 2. The molecule has 0 bridgehead atoms. The van der Waals surface area contributed by atoms with E-state index in [9.17, 15) is 4.79 Å². The number of fused-ring (bicyclic) bond motifs is 2. The number of carbonyl (C=O) groups excluding carboxylic acids is 1. The summed E-state index contributed by atoms with van der Waals surface area (Å²) in [5.74, 6) is 1.15. The molecule has 32 heavy (non-hydrogen) atoms. The molecule has 3 heterocycles. The van der Waals surface area contributed by atoms with Gasteiger partial charge in [-0.3, -0.25) is 9.69 Å². The molecule has 9 heteroatoms. The van der Waals surface area contributed by atoms with Crippen LogP contribution >= 0.6 is 22.9 Å². The number of halogens is 1. The lowest BCUT2D eigenvalue weighted by atomic mass is 10.2. The Morgan fingerprint density at radius 3 is 2.75 bits per heavy atom. The molecule has 0 aliphatic carbocycles. The predicted octanol–water partition coefficient (Wildman–Crippen LogP) is 3.34. The van der Waals surface area contributed by atoms with Gasteiger partial charge in [0.25, 0.3) is 5.91 Å². The molecule has 0 spiro atoms. The number of thiazole rings is 1. The van der Waals surface area contributed by atoms with E-state index in [2.05, 4.69) is 22.0 Å². The highest BCUT2D eigenvalue weighted by atomic mass is 35.5. The maximum atomic E-state index is 12.5. The summed E-state index contributed by atoms with van der Waals surface area (Å²) in [6.07, 6.45) is -0.615. The summed E-state index contributed by atoms with van der Waals surface area (Å²) in [6.45, 7) is 7.33. The zero-order chi connectivity index (χ0) is 22.1. The number of piperazine rings is 1.